The van der Waals surface area contributed by atoms with Gasteiger partial charge in [0.25, 0.3) is 0 Å². The van der Waals surface area contributed by atoms with Crippen molar-refractivity contribution in [3.8, 4) is 0 Å². The fourth-order valence-corrected chi connectivity index (χ4v) is 3.04. The van der Waals surface area contributed by atoms with Crippen molar-refractivity contribution < 1.29 is 5.11 Å². The van der Waals surface area contributed by atoms with E-state index < -0.39 is 0 Å². The average molecular weight is 154 g/mol. The zero-order valence-electron chi connectivity index (χ0n) is 7.67. The van der Waals surface area contributed by atoms with Gasteiger partial charge in [-0.3, -0.25) is 0 Å². The molecule has 1 N–H and O–H groups in total. The Balaban J connectivity index is 2.13. The molecule has 0 aliphatic heterocycles. The van der Waals surface area contributed by atoms with Crippen LogP contribution in [-0.2, 0) is 0 Å². The van der Waals surface area contributed by atoms with Gasteiger partial charge in [-0.05, 0) is 36.0 Å². The highest BCUT2D eigenvalue weighted by atomic mass is 16.3. The molecular formula is C10H18O. The third kappa shape index (κ3) is 0.807. The van der Waals surface area contributed by atoms with Gasteiger partial charge in [-0.2, -0.15) is 0 Å². The van der Waals surface area contributed by atoms with Crippen LogP contribution in [0.25, 0.3) is 0 Å². The topological polar surface area (TPSA) is 20.2 Å². The van der Waals surface area contributed by atoms with Crippen LogP contribution >= 0.6 is 0 Å². The molecule has 2 fully saturated rings. The van der Waals surface area contributed by atoms with E-state index in [9.17, 15) is 5.11 Å². The van der Waals surface area contributed by atoms with Crippen LogP contribution in [0.3, 0.4) is 0 Å². The number of hydrogen-bond acceptors (Lipinski definition) is 1. The number of fused-ring (bicyclic) bond motifs is 1. The maximum Gasteiger partial charge on any atom is 0.0574 e. The van der Waals surface area contributed by atoms with Gasteiger partial charge in [-0.1, -0.05) is 20.8 Å². The fourth-order valence-electron chi connectivity index (χ4n) is 3.04. The fraction of sp³-hybridized carbons (Fsp3) is 1.00. The summed E-state index contributed by atoms with van der Waals surface area (Å²) in [6.07, 6.45) is 2.44. The zero-order chi connectivity index (χ0) is 8.22. The van der Waals surface area contributed by atoms with Crippen LogP contribution in [0.1, 0.15) is 33.6 Å². The van der Waals surface area contributed by atoms with Crippen molar-refractivity contribution in [2.45, 2.75) is 39.7 Å². The molecule has 0 amide bonds. The van der Waals surface area contributed by atoms with E-state index in [0.29, 0.717) is 11.3 Å². The average Bonchev–Trinajstić information content (AvgIpc) is 2.57. The van der Waals surface area contributed by atoms with Gasteiger partial charge < -0.3 is 5.11 Å². The van der Waals surface area contributed by atoms with E-state index in [0.717, 1.165) is 18.3 Å². The highest BCUT2D eigenvalue weighted by Gasteiger charge is 2.64. The SMILES string of the molecule is CC(C)[C@@]12C[C@H](O)[C@H](C)[C@@H]1C2. The summed E-state index contributed by atoms with van der Waals surface area (Å²) in [6.45, 7) is 6.79. The molecule has 0 aromatic carbocycles. The Morgan fingerprint density at radius 3 is 2.27 bits per heavy atom. The van der Waals surface area contributed by atoms with Gasteiger partial charge in [0, 0.05) is 0 Å². The summed E-state index contributed by atoms with van der Waals surface area (Å²) >= 11 is 0. The Bertz CT molecular complexity index is 176. The molecule has 4 atom stereocenters. The normalized spacial score (nSPS) is 54.8. The quantitative estimate of drug-likeness (QED) is 0.613. The molecule has 2 aliphatic rings. The minimum atomic E-state index is -0.00356. The number of hydrogen-bond donors (Lipinski definition) is 1. The molecule has 64 valence electrons. The standard InChI is InChI=1S/C10H18O/c1-6(2)10-4-8(10)7(3)9(11)5-10/h6-9,11H,4-5H2,1-3H3/t7-,8+,9+,10-/m1/s1. The third-order valence-electron chi connectivity index (χ3n) is 4.16. The van der Waals surface area contributed by atoms with E-state index >= 15 is 0 Å². The van der Waals surface area contributed by atoms with E-state index in [1.54, 1.807) is 0 Å². The largest absolute Gasteiger partial charge is 0.393 e. The lowest BCUT2D eigenvalue weighted by Gasteiger charge is -2.17. The van der Waals surface area contributed by atoms with Crippen molar-refractivity contribution >= 4 is 0 Å². The Morgan fingerprint density at radius 2 is 2.00 bits per heavy atom. The first-order valence-corrected chi connectivity index (χ1v) is 4.76. The number of aliphatic hydroxyl groups excluding tert-OH is 1. The van der Waals surface area contributed by atoms with E-state index in [1.165, 1.54) is 6.42 Å². The highest BCUT2D eigenvalue weighted by molar-refractivity contribution is 5.13. The second kappa shape index (κ2) is 2.01. The Labute approximate surface area is 68.8 Å². The van der Waals surface area contributed by atoms with Gasteiger partial charge in [0.05, 0.1) is 6.10 Å². The Morgan fingerprint density at radius 1 is 1.36 bits per heavy atom. The van der Waals surface area contributed by atoms with Crippen LogP contribution < -0.4 is 0 Å². The smallest absolute Gasteiger partial charge is 0.0574 e. The van der Waals surface area contributed by atoms with E-state index in [1.807, 2.05) is 0 Å². The molecule has 2 aliphatic carbocycles. The molecule has 0 radical (unpaired) electrons. The first-order chi connectivity index (χ1) is 5.08. The summed E-state index contributed by atoms with van der Waals surface area (Å²) in [6, 6.07) is 0. The second-order valence-electron chi connectivity index (χ2n) is 4.83. The monoisotopic (exact) mass is 154 g/mol. The molecule has 11 heavy (non-hydrogen) atoms. The molecule has 1 nitrogen and oxygen atoms in total. The van der Waals surface area contributed by atoms with Crippen LogP contribution in [0.4, 0.5) is 0 Å². The van der Waals surface area contributed by atoms with E-state index in [2.05, 4.69) is 20.8 Å². The lowest BCUT2D eigenvalue weighted by Crippen LogP contribution is -2.15. The van der Waals surface area contributed by atoms with Crippen LogP contribution in [0.2, 0.25) is 0 Å². The van der Waals surface area contributed by atoms with Gasteiger partial charge in [0.2, 0.25) is 0 Å². The summed E-state index contributed by atoms with van der Waals surface area (Å²) in [5, 5.41) is 9.61. The van der Waals surface area contributed by atoms with Gasteiger partial charge in [-0.25, -0.2) is 0 Å². The summed E-state index contributed by atoms with van der Waals surface area (Å²) in [5.74, 6) is 2.18. The number of aliphatic hydroxyl groups is 1. The van der Waals surface area contributed by atoms with Crippen molar-refractivity contribution in [2.75, 3.05) is 0 Å². The van der Waals surface area contributed by atoms with Crippen molar-refractivity contribution in [3.63, 3.8) is 0 Å². The maximum absolute atomic E-state index is 9.61. The van der Waals surface area contributed by atoms with Gasteiger partial charge in [-0.15, -0.1) is 0 Å². The molecule has 0 unspecified atom stereocenters. The second-order valence-corrected chi connectivity index (χ2v) is 4.83. The predicted octanol–water partition coefficient (Wildman–Crippen LogP) is 2.05. The molecule has 2 saturated carbocycles. The summed E-state index contributed by atoms with van der Waals surface area (Å²) in [7, 11) is 0. The molecule has 1 heteroatoms. The lowest BCUT2D eigenvalue weighted by molar-refractivity contribution is 0.113. The molecule has 0 aromatic heterocycles. The maximum atomic E-state index is 9.61. The van der Waals surface area contributed by atoms with Crippen LogP contribution in [0.5, 0.6) is 0 Å². The molecule has 0 aromatic rings. The zero-order valence-corrected chi connectivity index (χ0v) is 7.67. The minimum absolute atomic E-state index is 0.00356. The Kier molecular flexibility index (Phi) is 1.39. The molecule has 0 heterocycles. The van der Waals surface area contributed by atoms with Crippen molar-refractivity contribution in [2.24, 2.45) is 23.2 Å². The molecule has 0 bridgehead atoms. The first-order valence-electron chi connectivity index (χ1n) is 4.76. The summed E-state index contributed by atoms with van der Waals surface area (Å²) < 4.78 is 0. The summed E-state index contributed by atoms with van der Waals surface area (Å²) in [5.41, 5.74) is 0.554. The van der Waals surface area contributed by atoms with Crippen LogP contribution in [-0.4, -0.2) is 11.2 Å². The number of rotatable bonds is 1. The third-order valence-corrected chi connectivity index (χ3v) is 4.16. The van der Waals surface area contributed by atoms with Crippen molar-refractivity contribution in [1.82, 2.24) is 0 Å². The van der Waals surface area contributed by atoms with Crippen molar-refractivity contribution in [1.29, 1.82) is 0 Å². The predicted molar refractivity (Wildman–Crippen MR) is 45.2 cm³/mol. The molecule has 0 spiro atoms. The molecular weight excluding hydrogens is 136 g/mol. The van der Waals surface area contributed by atoms with Crippen LogP contribution in [0, 0.1) is 23.2 Å². The molecule has 2 rings (SSSR count). The minimum Gasteiger partial charge on any atom is -0.393 e. The highest BCUT2D eigenvalue weighted by Crippen LogP contribution is 2.69. The van der Waals surface area contributed by atoms with Gasteiger partial charge in [0.15, 0.2) is 0 Å². The Hall–Kier alpha value is -0.0400. The van der Waals surface area contributed by atoms with Crippen LogP contribution in [0.15, 0.2) is 0 Å². The van der Waals surface area contributed by atoms with Crippen molar-refractivity contribution in [3.05, 3.63) is 0 Å². The first kappa shape index (κ1) is 7.60. The van der Waals surface area contributed by atoms with E-state index in [4.69, 9.17) is 0 Å². The lowest BCUT2D eigenvalue weighted by atomic mass is 9.89. The van der Waals surface area contributed by atoms with E-state index in [-0.39, 0.29) is 6.10 Å². The molecule has 0 saturated heterocycles. The van der Waals surface area contributed by atoms with Gasteiger partial charge in [0.1, 0.15) is 0 Å². The summed E-state index contributed by atoms with van der Waals surface area (Å²) in [4.78, 5) is 0. The van der Waals surface area contributed by atoms with Gasteiger partial charge >= 0.3 is 0 Å².